The first kappa shape index (κ1) is 11.6. The molecule has 0 amide bonds. The number of carboxylic acid groups (broad SMARTS) is 1. The summed E-state index contributed by atoms with van der Waals surface area (Å²) in [7, 11) is 0. The van der Waals surface area contributed by atoms with Crippen LogP contribution in [-0.2, 0) is 4.79 Å². The van der Waals surface area contributed by atoms with Crippen LogP contribution >= 0.6 is 0 Å². The van der Waals surface area contributed by atoms with Crippen LogP contribution in [0.3, 0.4) is 0 Å². The lowest BCUT2D eigenvalue weighted by atomic mass is 9.96. The van der Waals surface area contributed by atoms with Gasteiger partial charge in [0, 0.05) is 12.4 Å². The Kier molecular flexibility index (Phi) is 3.77. The molecule has 0 saturated heterocycles. The zero-order valence-corrected chi connectivity index (χ0v) is 9.27. The van der Waals surface area contributed by atoms with E-state index >= 15 is 0 Å². The highest BCUT2D eigenvalue weighted by atomic mass is 16.4. The lowest BCUT2D eigenvalue weighted by molar-refractivity contribution is -0.139. The third kappa shape index (κ3) is 3.31. The molecule has 15 heavy (non-hydrogen) atoms. The SMILES string of the molecule is Cc1cnc(C(CC(C)C)C(=O)O)nc1. The number of hydrogen-bond acceptors (Lipinski definition) is 3. The predicted octanol–water partition coefficient (Wildman–Crippen LogP) is 2.00. The Hall–Kier alpha value is -1.45. The van der Waals surface area contributed by atoms with Gasteiger partial charge in [-0.2, -0.15) is 0 Å². The minimum atomic E-state index is -0.854. The smallest absolute Gasteiger partial charge is 0.314 e. The van der Waals surface area contributed by atoms with E-state index in [1.807, 2.05) is 20.8 Å². The van der Waals surface area contributed by atoms with E-state index in [4.69, 9.17) is 5.11 Å². The van der Waals surface area contributed by atoms with E-state index in [-0.39, 0.29) is 0 Å². The molecule has 0 bridgehead atoms. The Balaban J connectivity index is 2.89. The second kappa shape index (κ2) is 4.87. The summed E-state index contributed by atoms with van der Waals surface area (Å²) in [6.07, 6.45) is 3.87. The first-order valence-electron chi connectivity index (χ1n) is 5.02. The van der Waals surface area contributed by atoms with Crippen molar-refractivity contribution in [3.05, 3.63) is 23.8 Å². The molecule has 1 heterocycles. The summed E-state index contributed by atoms with van der Waals surface area (Å²) in [6.45, 7) is 5.86. The molecule has 0 aliphatic rings. The summed E-state index contributed by atoms with van der Waals surface area (Å²) >= 11 is 0. The lowest BCUT2D eigenvalue weighted by Gasteiger charge is -2.12. The summed E-state index contributed by atoms with van der Waals surface area (Å²) in [4.78, 5) is 19.2. The molecule has 0 fully saturated rings. The lowest BCUT2D eigenvalue weighted by Crippen LogP contribution is -2.16. The van der Waals surface area contributed by atoms with Gasteiger partial charge < -0.3 is 5.11 Å². The second-order valence-corrected chi connectivity index (χ2v) is 4.14. The van der Waals surface area contributed by atoms with Crippen LogP contribution in [0.15, 0.2) is 12.4 Å². The molecule has 4 heteroatoms. The van der Waals surface area contributed by atoms with Crippen LogP contribution in [0.1, 0.15) is 37.6 Å². The van der Waals surface area contributed by atoms with Crippen LogP contribution in [-0.4, -0.2) is 21.0 Å². The fourth-order valence-corrected chi connectivity index (χ4v) is 1.37. The second-order valence-electron chi connectivity index (χ2n) is 4.14. The average molecular weight is 208 g/mol. The minimum absolute atomic E-state index is 0.316. The number of hydrogen-bond donors (Lipinski definition) is 1. The molecule has 0 aromatic carbocycles. The molecule has 0 aliphatic carbocycles. The standard InChI is InChI=1S/C11H16N2O2/c1-7(2)4-9(11(14)15)10-12-5-8(3)6-13-10/h5-7,9H,4H2,1-3H3,(H,14,15). The molecule has 1 atom stereocenters. The van der Waals surface area contributed by atoms with Crippen LogP contribution < -0.4 is 0 Å². The van der Waals surface area contributed by atoms with Crippen molar-refractivity contribution in [2.75, 3.05) is 0 Å². The van der Waals surface area contributed by atoms with Crippen LogP contribution in [0.5, 0.6) is 0 Å². The zero-order valence-electron chi connectivity index (χ0n) is 9.27. The summed E-state index contributed by atoms with van der Waals surface area (Å²) in [6, 6.07) is 0. The highest BCUT2D eigenvalue weighted by Crippen LogP contribution is 2.20. The van der Waals surface area contributed by atoms with E-state index in [0.717, 1.165) is 5.56 Å². The number of aliphatic carboxylic acids is 1. The van der Waals surface area contributed by atoms with Crippen molar-refractivity contribution >= 4 is 5.97 Å². The highest BCUT2D eigenvalue weighted by molar-refractivity contribution is 5.74. The molecule has 1 rings (SSSR count). The van der Waals surface area contributed by atoms with Gasteiger partial charge in [0.25, 0.3) is 0 Å². The number of carbonyl (C=O) groups is 1. The Morgan fingerprint density at radius 3 is 2.33 bits per heavy atom. The van der Waals surface area contributed by atoms with Crippen molar-refractivity contribution in [2.24, 2.45) is 5.92 Å². The van der Waals surface area contributed by atoms with E-state index < -0.39 is 11.9 Å². The van der Waals surface area contributed by atoms with E-state index in [0.29, 0.717) is 18.2 Å². The fourth-order valence-electron chi connectivity index (χ4n) is 1.37. The van der Waals surface area contributed by atoms with Crippen molar-refractivity contribution in [3.63, 3.8) is 0 Å². The number of aromatic nitrogens is 2. The summed E-state index contributed by atoms with van der Waals surface area (Å²) < 4.78 is 0. The maximum Gasteiger partial charge on any atom is 0.314 e. The molecule has 0 aliphatic heterocycles. The number of rotatable bonds is 4. The van der Waals surface area contributed by atoms with Gasteiger partial charge in [-0.3, -0.25) is 4.79 Å². The van der Waals surface area contributed by atoms with Crippen molar-refractivity contribution in [3.8, 4) is 0 Å². The van der Waals surface area contributed by atoms with Gasteiger partial charge in [0.05, 0.1) is 0 Å². The Labute approximate surface area is 89.4 Å². The topological polar surface area (TPSA) is 63.1 Å². The van der Waals surface area contributed by atoms with Crippen LogP contribution in [0.2, 0.25) is 0 Å². The molecular weight excluding hydrogens is 192 g/mol. The van der Waals surface area contributed by atoms with Crippen molar-refractivity contribution in [1.82, 2.24) is 9.97 Å². The summed E-state index contributed by atoms with van der Waals surface area (Å²) in [5.41, 5.74) is 0.937. The Morgan fingerprint density at radius 1 is 1.40 bits per heavy atom. The first-order valence-corrected chi connectivity index (χ1v) is 5.02. The minimum Gasteiger partial charge on any atom is -0.481 e. The molecule has 1 aromatic rings. The Bertz CT molecular complexity index is 333. The monoisotopic (exact) mass is 208 g/mol. The maximum absolute atomic E-state index is 11.0. The Morgan fingerprint density at radius 2 is 1.93 bits per heavy atom. The molecular formula is C11H16N2O2. The van der Waals surface area contributed by atoms with Crippen molar-refractivity contribution < 1.29 is 9.90 Å². The molecule has 82 valence electrons. The van der Waals surface area contributed by atoms with E-state index in [1.165, 1.54) is 0 Å². The first-order chi connectivity index (χ1) is 7.00. The maximum atomic E-state index is 11.0. The van der Waals surface area contributed by atoms with Gasteiger partial charge in [-0.05, 0) is 24.8 Å². The zero-order chi connectivity index (χ0) is 11.4. The number of aryl methyl sites for hydroxylation is 1. The van der Waals surface area contributed by atoms with Crippen LogP contribution in [0.25, 0.3) is 0 Å². The quantitative estimate of drug-likeness (QED) is 0.822. The van der Waals surface area contributed by atoms with Gasteiger partial charge in [-0.1, -0.05) is 13.8 Å². The molecule has 0 saturated carbocycles. The van der Waals surface area contributed by atoms with Gasteiger partial charge in [-0.25, -0.2) is 9.97 Å². The summed E-state index contributed by atoms with van der Waals surface area (Å²) in [5, 5.41) is 9.06. The molecule has 1 N–H and O–H groups in total. The highest BCUT2D eigenvalue weighted by Gasteiger charge is 2.23. The molecule has 4 nitrogen and oxygen atoms in total. The van der Waals surface area contributed by atoms with E-state index in [1.54, 1.807) is 12.4 Å². The fraction of sp³-hybridized carbons (Fsp3) is 0.545. The van der Waals surface area contributed by atoms with Gasteiger partial charge in [-0.15, -0.1) is 0 Å². The number of carboxylic acids is 1. The molecule has 1 unspecified atom stereocenters. The molecule has 0 spiro atoms. The normalized spacial score (nSPS) is 12.8. The largest absolute Gasteiger partial charge is 0.481 e. The molecule has 1 aromatic heterocycles. The number of nitrogens with zero attached hydrogens (tertiary/aromatic N) is 2. The third-order valence-corrected chi connectivity index (χ3v) is 2.12. The average Bonchev–Trinajstić information content (AvgIpc) is 2.15. The predicted molar refractivity (Wildman–Crippen MR) is 56.6 cm³/mol. The third-order valence-electron chi connectivity index (χ3n) is 2.12. The van der Waals surface area contributed by atoms with Crippen molar-refractivity contribution in [1.29, 1.82) is 0 Å². The van der Waals surface area contributed by atoms with Crippen molar-refractivity contribution in [2.45, 2.75) is 33.1 Å². The van der Waals surface area contributed by atoms with Crippen LogP contribution in [0.4, 0.5) is 0 Å². The van der Waals surface area contributed by atoms with E-state index in [2.05, 4.69) is 9.97 Å². The van der Waals surface area contributed by atoms with Gasteiger partial charge >= 0.3 is 5.97 Å². The van der Waals surface area contributed by atoms with Gasteiger partial charge in [0.2, 0.25) is 0 Å². The molecule has 0 radical (unpaired) electrons. The van der Waals surface area contributed by atoms with E-state index in [9.17, 15) is 4.79 Å². The van der Waals surface area contributed by atoms with Gasteiger partial charge in [0.1, 0.15) is 11.7 Å². The van der Waals surface area contributed by atoms with Crippen LogP contribution in [0, 0.1) is 12.8 Å². The summed E-state index contributed by atoms with van der Waals surface area (Å²) in [5.74, 6) is -0.726. The van der Waals surface area contributed by atoms with Gasteiger partial charge in [0.15, 0.2) is 0 Å².